The first-order valence-corrected chi connectivity index (χ1v) is 7.42. The molecule has 1 aromatic heterocycles. The largest absolute Gasteiger partial charge is 0.317 e. The molecule has 3 heteroatoms. The number of aryl methyl sites for hydroxylation is 2. The van der Waals surface area contributed by atoms with Crippen molar-refractivity contribution in [1.29, 1.82) is 0 Å². The first kappa shape index (κ1) is 13.6. The molecule has 1 aliphatic carbocycles. The van der Waals surface area contributed by atoms with Gasteiger partial charge in [0.25, 0.3) is 0 Å². The summed E-state index contributed by atoms with van der Waals surface area (Å²) in [4.78, 5) is 0. The summed E-state index contributed by atoms with van der Waals surface area (Å²) in [5, 5.41) is 8.03. The Kier molecular flexibility index (Phi) is 4.81. The first-order valence-electron chi connectivity index (χ1n) is 7.42. The van der Waals surface area contributed by atoms with Gasteiger partial charge < -0.3 is 5.32 Å². The van der Waals surface area contributed by atoms with Crippen LogP contribution in [0.4, 0.5) is 0 Å². The Morgan fingerprint density at radius 2 is 2.17 bits per heavy atom. The molecule has 1 aliphatic rings. The van der Waals surface area contributed by atoms with Crippen molar-refractivity contribution in [2.75, 3.05) is 7.05 Å². The number of nitrogens with one attached hydrogen (secondary N) is 1. The Hall–Kier alpha value is -0.830. The maximum absolute atomic E-state index is 4.56. The predicted octanol–water partition coefficient (Wildman–Crippen LogP) is 2.69. The Labute approximate surface area is 111 Å². The van der Waals surface area contributed by atoms with Crippen molar-refractivity contribution in [3.63, 3.8) is 0 Å². The topological polar surface area (TPSA) is 29.9 Å². The highest BCUT2D eigenvalue weighted by molar-refractivity contribution is 5.11. The fourth-order valence-corrected chi connectivity index (χ4v) is 3.14. The van der Waals surface area contributed by atoms with Crippen LogP contribution in [0.15, 0.2) is 6.07 Å². The number of aromatic nitrogens is 2. The van der Waals surface area contributed by atoms with Crippen LogP contribution >= 0.6 is 0 Å². The fourth-order valence-electron chi connectivity index (χ4n) is 3.14. The predicted molar refractivity (Wildman–Crippen MR) is 75.7 cm³/mol. The zero-order valence-electron chi connectivity index (χ0n) is 12.1. The smallest absolute Gasteiger partial charge is 0.0624 e. The van der Waals surface area contributed by atoms with Crippen molar-refractivity contribution in [3.8, 4) is 0 Å². The van der Waals surface area contributed by atoms with Crippen molar-refractivity contribution in [2.45, 2.75) is 57.9 Å². The van der Waals surface area contributed by atoms with E-state index in [4.69, 9.17) is 0 Å². The monoisotopic (exact) mass is 249 g/mol. The van der Waals surface area contributed by atoms with Crippen LogP contribution in [0.2, 0.25) is 0 Å². The molecule has 0 aliphatic heterocycles. The third-order valence-electron chi connectivity index (χ3n) is 4.33. The average molecular weight is 249 g/mol. The van der Waals surface area contributed by atoms with E-state index in [1.54, 1.807) is 0 Å². The molecule has 1 saturated carbocycles. The highest BCUT2D eigenvalue weighted by Crippen LogP contribution is 2.26. The molecular weight excluding hydrogens is 222 g/mol. The SMILES string of the molecule is CCc1cc(CC2CCCCC(NC)C2)n(C)n1. The van der Waals surface area contributed by atoms with Gasteiger partial charge in [-0.3, -0.25) is 4.68 Å². The fraction of sp³-hybridized carbons (Fsp3) is 0.800. The van der Waals surface area contributed by atoms with Gasteiger partial charge >= 0.3 is 0 Å². The Bertz CT molecular complexity index is 370. The lowest BCUT2D eigenvalue weighted by atomic mass is 9.93. The maximum Gasteiger partial charge on any atom is 0.0624 e. The molecule has 1 N–H and O–H groups in total. The molecule has 0 aromatic carbocycles. The van der Waals surface area contributed by atoms with E-state index < -0.39 is 0 Å². The van der Waals surface area contributed by atoms with Crippen LogP contribution < -0.4 is 5.32 Å². The minimum atomic E-state index is 0.719. The minimum Gasteiger partial charge on any atom is -0.317 e. The molecule has 1 aromatic rings. The van der Waals surface area contributed by atoms with Gasteiger partial charge in [0.1, 0.15) is 0 Å². The van der Waals surface area contributed by atoms with Gasteiger partial charge in [0.15, 0.2) is 0 Å². The molecule has 0 spiro atoms. The lowest BCUT2D eigenvalue weighted by Gasteiger charge is -2.19. The molecule has 2 atom stereocenters. The summed E-state index contributed by atoms with van der Waals surface area (Å²) in [6.07, 6.45) is 9.06. The zero-order valence-corrected chi connectivity index (χ0v) is 12.1. The molecule has 3 nitrogen and oxygen atoms in total. The molecule has 102 valence electrons. The van der Waals surface area contributed by atoms with Crippen LogP contribution in [-0.4, -0.2) is 22.9 Å². The zero-order chi connectivity index (χ0) is 13.0. The molecule has 2 unspecified atom stereocenters. The molecule has 0 amide bonds. The van der Waals surface area contributed by atoms with Crippen LogP contribution in [0.25, 0.3) is 0 Å². The van der Waals surface area contributed by atoms with Crippen LogP contribution in [0.5, 0.6) is 0 Å². The van der Waals surface area contributed by atoms with Gasteiger partial charge in [-0.1, -0.05) is 26.2 Å². The highest BCUT2D eigenvalue weighted by Gasteiger charge is 2.20. The van der Waals surface area contributed by atoms with Crippen LogP contribution in [0, 0.1) is 5.92 Å². The van der Waals surface area contributed by atoms with Gasteiger partial charge in [-0.25, -0.2) is 0 Å². The third kappa shape index (κ3) is 3.35. The number of rotatable bonds is 4. The van der Waals surface area contributed by atoms with Gasteiger partial charge in [0.2, 0.25) is 0 Å². The maximum atomic E-state index is 4.56. The Balaban J connectivity index is 2.00. The van der Waals surface area contributed by atoms with Gasteiger partial charge in [-0.2, -0.15) is 5.10 Å². The molecule has 2 rings (SSSR count). The van der Waals surface area contributed by atoms with Crippen molar-refractivity contribution in [3.05, 3.63) is 17.5 Å². The van der Waals surface area contributed by atoms with Crippen LogP contribution in [0.1, 0.15) is 50.4 Å². The van der Waals surface area contributed by atoms with E-state index in [9.17, 15) is 0 Å². The summed E-state index contributed by atoms with van der Waals surface area (Å²) in [6.45, 7) is 2.18. The second-order valence-corrected chi connectivity index (χ2v) is 5.68. The van der Waals surface area contributed by atoms with E-state index in [0.29, 0.717) is 0 Å². The van der Waals surface area contributed by atoms with E-state index in [2.05, 4.69) is 42.2 Å². The Morgan fingerprint density at radius 3 is 2.83 bits per heavy atom. The Morgan fingerprint density at radius 1 is 1.39 bits per heavy atom. The molecule has 1 fully saturated rings. The van der Waals surface area contributed by atoms with Gasteiger partial charge in [-0.05, 0) is 44.7 Å². The number of nitrogens with zero attached hydrogens (tertiary/aromatic N) is 2. The summed E-state index contributed by atoms with van der Waals surface area (Å²) in [5.74, 6) is 0.824. The molecular formula is C15H27N3. The summed E-state index contributed by atoms with van der Waals surface area (Å²) < 4.78 is 2.08. The minimum absolute atomic E-state index is 0.719. The number of hydrogen-bond donors (Lipinski definition) is 1. The first-order chi connectivity index (χ1) is 8.72. The second kappa shape index (κ2) is 6.37. The molecule has 1 heterocycles. The molecule has 18 heavy (non-hydrogen) atoms. The van der Waals surface area contributed by atoms with Crippen molar-refractivity contribution < 1.29 is 0 Å². The van der Waals surface area contributed by atoms with Gasteiger partial charge in [-0.15, -0.1) is 0 Å². The lowest BCUT2D eigenvalue weighted by molar-refractivity contribution is 0.393. The summed E-state index contributed by atoms with van der Waals surface area (Å²) in [5.41, 5.74) is 2.64. The van der Waals surface area contributed by atoms with Crippen molar-refractivity contribution in [1.82, 2.24) is 15.1 Å². The number of hydrogen-bond acceptors (Lipinski definition) is 2. The average Bonchev–Trinajstić information content (AvgIpc) is 2.60. The third-order valence-corrected chi connectivity index (χ3v) is 4.33. The second-order valence-electron chi connectivity index (χ2n) is 5.68. The van der Waals surface area contributed by atoms with Gasteiger partial charge in [0.05, 0.1) is 5.69 Å². The summed E-state index contributed by atoms with van der Waals surface area (Å²) >= 11 is 0. The van der Waals surface area contributed by atoms with E-state index in [1.165, 1.54) is 49.9 Å². The lowest BCUT2D eigenvalue weighted by Crippen LogP contribution is -2.27. The van der Waals surface area contributed by atoms with E-state index in [-0.39, 0.29) is 0 Å². The van der Waals surface area contributed by atoms with Crippen LogP contribution in [0.3, 0.4) is 0 Å². The van der Waals surface area contributed by atoms with Gasteiger partial charge in [0, 0.05) is 18.8 Å². The molecule has 0 radical (unpaired) electrons. The normalized spacial score (nSPS) is 25.1. The molecule has 0 bridgehead atoms. The summed E-state index contributed by atoms with van der Waals surface area (Å²) in [6, 6.07) is 3.01. The quantitative estimate of drug-likeness (QED) is 0.832. The summed E-state index contributed by atoms with van der Waals surface area (Å²) in [7, 11) is 4.19. The van der Waals surface area contributed by atoms with E-state index in [0.717, 1.165) is 18.4 Å². The highest BCUT2D eigenvalue weighted by atomic mass is 15.3. The standard InChI is InChI=1S/C15H27N3/c1-4-13-11-15(18(3)17-13)10-12-7-5-6-8-14(9-12)16-2/h11-12,14,16H,4-10H2,1-3H3. The van der Waals surface area contributed by atoms with E-state index in [1.807, 2.05) is 0 Å². The van der Waals surface area contributed by atoms with Crippen molar-refractivity contribution in [2.24, 2.45) is 13.0 Å². The molecule has 0 saturated heterocycles. The van der Waals surface area contributed by atoms with Crippen molar-refractivity contribution >= 4 is 0 Å². The van der Waals surface area contributed by atoms with E-state index >= 15 is 0 Å². The van der Waals surface area contributed by atoms with Crippen LogP contribution in [-0.2, 0) is 19.9 Å².